The topological polar surface area (TPSA) is 48.1 Å². The van der Waals surface area contributed by atoms with Gasteiger partial charge < -0.3 is 4.57 Å². The predicted octanol–water partition coefficient (Wildman–Crippen LogP) is 2.14. The molecule has 4 nitrogen and oxygen atoms in total. The lowest BCUT2D eigenvalue weighted by atomic mass is 10.1. The molecule has 0 fully saturated rings. The van der Waals surface area contributed by atoms with E-state index in [1.54, 1.807) is 0 Å². The highest BCUT2D eigenvalue weighted by Crippen LogP contribution is 2.12. The molecule has 0 N–H and O–H groups in total. The first kappa shape index (κ1) is 11.7. The highest BCUT2D eigenvalue weighted by Gasteiger charge is 2.09. The molecule has 0 unspecified atom stereocenters. The molecule has 1 rings (SSSR count). The molecule has 0 bridgehead atoms. The standard InChI is InChI=1S/C8H13N.CH3NO2/c1-8(2,3)9-6-4-5-7-9;1-2(3)4/h4-7H,1-3H3;1H3. The van der Waals surface area contributed by atoms with E-state index in [1.165, 1.54) is 0 Å². The number of hydrogen-bond acceptors (Lipinski definition) is 2. The van der Waals surface area contributed by atoms with E-state index in [0.29, 0.717) is 0 Å². The van der Waals surface area contributed by atoms with Gasteiger partial charge in [-0.05, 0) is 32.9 Å². The molecule has 1 aromatic rings. The van der Waals surface area contributed by atoms with E-state index in [2.05, 4.69) is 37.7 Å². The van der Waals surface area contributed by atoms with Gasteiger partial charge in [-0.15, -0.1) is 0 Å². The fraction of sp³-hybridized carbons (Fsp3) is 0.556. The minimum absolute atomic E-state index is 0.240. The predicted molar refractivity (Wildman–Crippen MR) is 52.3 cm³/mol. The molecule has 0 atom stereocenters. The zero-order valence-corrected chi connectivity index (χ0v) is 8.52. The number of nitro groups is 1. The number of hydrogen-bond donors (Lipinski definition) is 0. The Morgan fingerprint density at radius 1 is 1.23 bits per heavy atom. The SMILES string of the molecule is CC(C)(C)n1cccc1.C[N+](=O)[O-]. The summed E-state index contributed by atoms with van der Waals surface area (Å²) in [5.74, 6) is 0. The lowest BCUT2D eigenvalue weighted by Gasteiger charge is -2.20. The van der Waals surface area contributed by atoms with Crippen molar-refractivity contribution in [3.8, 4) is 0 Å². The van der Waals surface area contributed by atoms with Crippen molar-refractivity contribution < 1.29 is 4.92 Å². The van der Waals surface area contributed by atoms with Crippen LogP contribution in [0.25, 0.3) is 0 Å². The van der Waals surface area contributed by atoms with E-state index in [0.717, 1.165) is 7.05 Å². The van der Waals surface area contributed by atoms with Crippen LogP contribution in [0.2, 0.25) is 0 Å². The Balaban J connectivity index is 0.000000310. The van der Waals surface area contributed by atoms with Gasteiger partial charge >= 0.3 is 0 Å². The van der Waals surface area contributed by atoms with E-state index in [4.69, 9.17) is 10.1 Å². The molecule has 0 aromatic carbocycles. The third-order valence-corrected chi connectivity index (χ3v) is 1.38. The van der Waals surface area contributed by atoms with Crippen LogP contribution in [0.1, 0.15) is 20.8 Å². The normalized spacial score (nSPS) is 10.2. The van der Waals surface area contributed by atoms with Gasteiger partial charge in [0.1, 0.15) is 0 Å². The summed E-state index contributed by atoms with van der Waals surface area (Å²) in [4.78, 5) is 8.31. The molecule has 1 heterocycles. The van der Waals surface area contributed by atoms with Gasteiger partial charge in [-0.25, -0.2) is 0 Å². The molecule has 4 heteroatoms. The molecule has 74 valence electrons. The van der Waals surface area contributed by atoms with Crippen LogP contribution in [0.15, 0.2) is 24.5 Å². The molecule has 0 aliphatic heterocycles. The van der Waals surface area contributed by atoms with Gasteiger partial charge in [0.05, 0.1) is 0 Å². The van der Waals surface area contributed by atoms with Crippen LogP contribution in [0.5, 0.6) is 0 Å². The maximum Gasteiger partial charge on any atom is 0.194 e. The van der Waals surface area contributed by atoms with Crippen molar-refractivity contribution in [3.05, 3.63) is 34.6 Å². The highest BCUT2D eigenvalue weighted by atomic mass is 16.6. The summed E-state index contributed by atoms with van der Waals surface area (Å²) in [7, 11) is 0.889. The summed E-state index contributed by atoms with van der Waals surface area (Å²) in [5.41, 5.74) is 0.240. The Bertz CT molecular complexity index is 243. The van der Waals surface area contributed by atoms with Crippen LogP contribution in [0.3, 0.4) is 0 Å². The summed E-state index contributed by atoms with van der Waals surface area (Å²) >= 11 is 0. The first-order valence-electron chi connectivity index (χ1n) is 4.05. The van der Waals surface area contributed by atoms with Gasteiger partial charge in [0, 0.05) is 22.9 Å². The Morgan fingerprint density at radius 2 is 1.54 bits per heavy atom. The zero-order chi connectivity index (χ0) is 10.5. The Labute approximate surface area is 78.3 Å². The van der Waals surface area contributed by atoms with E-state index in [-0.39, 0.29) is 5.54 Å². The van der Waals surface area contributed by atoms with Crippen LogP contribution in [-0.2, 0) is 5.54 Å². The lowest BCUT2D eigenvalue weighted by Crippen LogP contribution is -2.19. The molecular weight excluding hydrogens is 168 g/mol. The molecule has 0 spiro atoms. The molecule has 0 amide bonds. The molecule has 13 heavy (non-hydrogen) atoms. The Morgan fingerprint density at radius 3 is 1.69 bits per heavy atom. The van der Waals surface area contributed by atoms with Gasteiger partial charge in [0.15, 0.2) is 7.05 Å². The smallest absolute Gasteiger partial charge is 0.194 e. The summed E-state index contributed by atoms with van der Waals surface area (Å²) in [5, 5.41) is 8.81. The van der Waals surface area contributed by atoms with Crippen LogP contribution in [-0.4, -0.2) is 16.5 Å². The van der Waals surface area contributed by atoms with Crippen molar-refractivity contribution in [3.63, 3.8) is 0 Å². The summed E-state index contributed by atoms with van der Waals surface area (Å²) in [6.45, 7) is 6.56. The highest BCUT2D eigenvalue weighted by molar-refractivity contribution is 4.94. The van der Waals surface area contributed by atoms with Gasteiger partial charge in [-0.1, -0.05) is 0 Å². The van der Waals surface area contributed by atoms with E-state index in [1.807, 2.05) is 12.1 Å². The Hall–Kier alpha value is -1.32. The third-order valence-electron chi connectivity index (χ3n) is 1.38. The second-order valence-electron chi connectivity index (χ2n) is 3.70. The van der Waals surface area contributed by atoms with Gasteiger partial charge in [-0.3, -0.25) is 10.1 Å². The second-order valence-corrected chi connectivity index (χ2v) is 3.70. The first-order valence-corrected chi connectivity index (χ1v) is 4.05. The molecule has 0 saturated heterocycles. The molecular formula is C9H16N2O2. The fourth-order valence-electron chi connectivity index (χ4n) is 0.782. The number of aromatic nitrogens is 1. The molecule has 1 aromatic heterocycles. The van der Waals surface area contributed by atoms with Crippen molar-refractivity contribution in [1.29, 1.82) is 0 Å². The van der Waals surface area contributed by atoms with E-state index >= 15 is 0 Å². The maximum atomic E-state index is 8.81. The Kier molecular flexibility index (Phi) is 4.17. The average Bonchev–Trinajstić information content (AvgIpc) is 2.31. The van der Waals surface area contributed by atoms with Crippen LogP contribution in [0.4, 0.5) is 0 Å². The number of nitrogens with zero attached hydrogens (tertiary/aromatic N) is 2. The van der Waals surface area contributed by atoms with Crippen molar-refractivity contribution in [2.24, 2.45) is 0 Å². The molecule has 0 saturated carbocycles. The number of rotatable bonds is 0. The minimum Gasteiger partial charge on any atom is -0.349 e. The largest absolute Gasteiger partial charge is 0.349 e. The zero-order valence-electron chi connectivity index (χ0n) is 8.52. The second kappa shape index (κ2) is 4.64. The van der Waals surface area contributed by atoms with Gasteiger partial charge in [-0.2, -0.15) is 0 Å². The average molecular weight is 184 g/mol. The van der Waals surface area contributed by atoms with E-state index in [9.17, 15) is 0 Å². The first-order chi connectivity index (χ1) is 5.84. The van der Waals surface area contributed by atoms with Crippen molar-refractivity contribution in [1.82, 2.24) is 4.57 Å². The van der Waals surface area contributed by atoms with Crippen LogP contribution in [0, 0.1) is 10.1 Å². The van der Waals surface area contributed by atoms with E-state index < -0.39 is 4.92 Å². The third kappa shape index (κ3) is 5.90. The summed E-state index contributed by atoms with van der Waals surface area (Å²) in [6.07, 6.45) is 4.17. The monoisotopic (exact) mass is 184 g/mol. The maximum absolute atomic E-state index is 8.81. The van der Waals surface area contributed by atoms with Crippen molar-refractivity contribution in [2.45, 2.75) is 26.3 Å². The molecule has 0 aliphatic rings. The molecule has 0 radical (unpaired) electrons. The lowest BCUT2D eigenvalue weighted by molar-refractivity contribution is -0.445. The minimum atomic E-state index is -0.500. The molecule has 0 aliphatic carbocycles. The quantitative estimate of drug-likeness (QED) is 0.458. The van der Waals surface area contributed by atoms with Gasteiger partial charge in [0.2, 0.25) is 0 Å². The van der Waals surface area contributed by atoms with Crippen molar-refractivity contribution in [2.75, 3.05) is 7.05 Å². The fourth-order valence-corrected chi connectivity index (χ4v) is 0.782. The van der Waals surface area contributed by atoms with Crippen molar-refractivity contribution >= 4 is 0 Å². The van der Waals surface area contributed by atoms with Crippen LogP contribution >= 0.6 is 0 Å². The summed E-state index contributed by atoms with van der Waals surface area (Å²) < 4.78 is 2.19. The van der Waals surface area contributed by atoms with Gasteiger partial charge in [0.25, 0.3) is 0 Å². The summed E-state index contributed by atoms with van der Waals surface area (Å²) in [6, 6.07) is 4.09. The van der Waals surface area contributed by atoms with Crippen LogP contribution < -0.4 is 0 Å².